The molecule has 1 N–H and O–H groups in total. The van der Waals surface area contributed by atoms with E-state index in [1.807, 2.05) is 12.1 Å². The smallest absolute Gasteiger partial charge is 0.322 e. The van der Waals surface area contributed by atoms with E-state index in [0.717, 1.165) is 5.56 Å². The lowest BCUT2D eigenvalue weighted by atomic mass is 10.2. The minimum absolute atomic E-state index is 0.137. The molecule has 1 aromatic heterocycles. The van der Waals surface area contributed by atoms with Gasteiger partial charge in [0.15, 0.2) is 0 Å². The molecule has 2 aromatic rings. The van der Waals surface area contributed by atoms with Crippen LogP contribution in [0.1, 0.15) is 5.56 Å². The third-order valence-corrected chi connectivity index (χ3v) is 6.54. The molecule has 162 valence electrons. The molecule has 0 aliphatic carbocycles. The van der Waals surface area contributed by atoms with Crippen molar-refractivity contribution in [1.82, 2.24) is 14.2 Å². The summed E-state index contributed by atoms with van der Waals surface area (Å²) in [7, 11) is -2.07. The first-order valence-electron chi connectivity index (χ1n) is 9.62. The highest BCUT2D eigenvalue weighted by Gasteiger charge is 2.26. The SMILES string of the molecule is COCCN(Cc1cccnc1)C(=O)Nc1cccc(S(=O)(=O)N2CCOCC2)c1. The second-order valence-electron chi connectivity index (χ2n) is 6.75. The van der Waals surface area contributed by atoms with Gasteiger partial charge in [0, 0.05) is 51.4 Å². The van der Waals surface area contributed by atoms with E-state index < -0.39 is 10.0 Å². The number of nitrogens with zero attached hydrogens (tertiary/aromatic N) is 3. The summed E-state index contributed by atoms with van der Waals surface area (Å²) in [4.78, 5) is 18.6. The third-order valence-electron chi connectivity index (χ3n) is 4.64. The largest absolute Gasteiger partial charge is 0.383 e. The maximum atomic E-state index is 12.9. The Hall–Kier alpha value is -2.53. The second-order valence-corrected chi connectivity index (χ2v) is 8.69. The summed E-state index contributed by atoms with van der Waals surface area (Å²) < 4.78 is 37.5. The van der Waals surface area contributed by atoms with Crippen LogP contribution in [0.4, 0.5) is 10.5 Å². The predicted octanol–water partition coefficient (Wildman–Crippen LogP) is 1.78. The van der Waals surface area contributed by atoms with Crippen LogP contribution in [0.2, 0.25) is 0 Å². The van der Waals surface area contributed by atoms with Gasteiger partial charge in [-0.05, 0) is 29.8 Å². The predicted molar refractivity (Wildman–Crippen MR) is 112 cm³/mol. The van der Waals surface area contributed by atoms with Crippen molar-refractivity contribution in [2.45, 2.75) is 11.4 Å². The van der Waals surface area contributed by atoms with Crippen LogP contribution >= 0.6 is 0 Å². The first-order chi connectivity index (χ1) is 14.5. The molecule has 1 aromatic carbocycles. The van der Waals surface area contributed by atoms with Crippen molar-refractivity contribution in [3.8, 4) is 0 Å². The number of ether oxygens (including phenoxy) is 2. The minimum Gasteiger partial charge on any atom is -0.383 e. The van der Waals surface area contributed by atoms with Gasteiger partial charge in [0.05, 0.1) is 24.7 Å². The van der Waals surface area contributed by atoms with Crippen LogP contribution in [0.25, 0.3) is 0 Å². The number of aromatic nitrogens is 1. The number of hydrogen-bond donors (Lipinski definition) is 1. The van der Waals surface area contributed by atoms with E-state index in [1.54, 1.807) is 36.5 Å². The van der Waals surface area contributed by atoms with Gasteiger partial charge >= 0.3 is 6.03 Å². The fourth-order valence-electron chi connectivity index (χ4n) is 3.04. The minimum atomic E-state index is -3.64. The number of sulfonamides is 1. The van der Waals surface area contributed by atoms with Crippen molar-refractivity contribution in [2.24, 2.45) is 0 Å². The molecule has 0 bridgehead atoms. The number of carbonyl (C=O) groups excluding carboxylic acids is 1. The van der Waals surface area contributed by atoms with Gasteiger partial charge in [0.25, 0.3) is 0 Å². The van der Waals surface area contributed by atoms with Crippen LogP contribution in [0.15, 0.2) is 53.7 Å². The molecule has 1 saturated heterocycles. The first-order valence-corrected chi connectivity index (χ1v) is 11.1. The van der Waals surface area contributed by atoms with Crippen LogP contribution < -0.4 is 5.32 Å². The molecule has 1 fully saturated rings. The Balaban J connectivity index is 1.73. The summed E-state index contributed by atoms with van der Waals surface area (Å²) in [6, 6.07) is 9.62. The average Bonchev–Trinajstić information content (AvgIpc) is 2.78. The van der Waals surface area contributed by atoms with Gasteiger partial charge in [-0.15, -0.1) is 0 Å². The topological polar surface area (TPSA) is 101 Å². The summed E-state index contributed by atoms with van der Waals surface area (Å²) in [5.41, 5.74) is 1.29. The molecule has 9 nitrogen and oxygen atoms in total. The quantitative estimate of drug-likeness (QED) is 0.680. The standard InChI is InChI=1S/C20H26N4O5S/c1-28-11-8-23(16-17-4-3-7-21-15-17)20(25)22-18-5-2-6-19(14-18)30(26,27)24-9-12-29-13-10-24/h2-7,14-15H,8-13,16H2,1H3,(H,22,25). The number of hydrogen-bond acceptors (Lipinski definition) is 6. The monoisotopic (exact) mass is 434 g/mol. The highest BCUT2D eigenvalue weighted by Crippen LogP contribution is 2.21. The number of rotatable bonds is 8. The molecule has 0 spiro atoms. The lowest BCUT2D eigenvalue weighted by molar-refractivity contribution is 0.0730. The van der Waals surface area contributed by atoms with Gasteiger partial charge in [0.1, 0.15) is 0 Å². The normalized spacial score (nSPS) is 15.0. The molecular weight excluding hydrogens is 408 g/mol. The Morgan fingerprint density at radius 1 is 1.27 bits per heavy atom. The van der Waals surface area contributed by atoms with E-state index in [2.05, 4.69) is 10.3 Å². The number of urea groups is 1. The van der Waals surface area contributed by atoms with Gasteiger partial charge in [0.2, 0.25) is 10.0 Å². The second kappa shape index (κ2) is 10.5. The Kier molecular flexibility index (Phi) is 7.75. The van der Waals surface area contributed by atoms with Crippen molar-refractivity contribution in [3.05, 3.63) is 54.4 Å². The Bertz CT molecular complexity index is 933. The Labute approximate surface area is 176 Å². The summed E-state index contributed by atoms with van der Waals surface area (Å²) in [5, 5.41) is 2.79. The van der Waals surface area contributed by atoms with Crippen molar-refractivity contribution >= 4 is 21.7 Å². The highest BCUT2D eigenvalue weighted by atomic mass is 32.2. The number of pyridine rings is 1. The zero-order valence-corrected chi connectivity index (χ0v) is 17.7. The number of carbonyl (C=O) groups is 1. The van der Waals surface area contributed by atoms with Crippen molar-refractivity contribution in [2.75, 3.05) is 51.9 Å². The van der Waals surface area contributed by atoms with E-state index in [9.17, 15) is 13.2 Å². The Morgan fingerprint density at radius 3 is 2.77 bits per heavy atom. The molecule has 0 radical (unpaired) electrons. The number of amides is 2. The van der Waals surface area contributed by atoms with Crippen molar-refractivity contribution < 1.29 is 22.7 Å². The van der Waals surface area contributed by atoms with Crippen LogP contribution in [0, 0.1) is 0 Å². The van der Waals surface area contributed by atoms with Crippen molar-refractivity contribution in [1.29, 1.82) is 0 Å². The lowest BCUT2D eigenvalue weighted by Gasteiger charge is -2.26. The summed E-state index contributed by atoms with van der Waals surface area (Å²) in [6.07, 6.45) is 3.37. The lowest BCUT2D eigenvalue weighted by Crippen LogP contribution is -2.40. The number of methoxy groups -OCH3 is 1. The number of morpholine rings is 1. The molecular formula is C20H26N4O5S. The van der Waals surface area contributed by atoms with Gasteiger partial charge in [-0.2, -0.15) is 4.31 Å². The van der Waals surface area contributed by atoms with Gasteiger partial charge in [-0.25, -0.2) is 13.2 Å². The molecule has 2 heterocycles. The molecule has 1 aliphatic heterocycles. The van der Waals surface area contributed by atoms with Crippen molar-refractivity contribution in [3.63, 3.8) is 0 Å². The maximum Gasteiger partial charge on any atom is 0.322 e. The maximum absolute atomic E-state index is 12.9. The van der Waals surface area contributed by atoms with Gasteiger partial charge < -0.3 is 19.7 Å². The van der Waals surface area contributed by atoms with E-state index in [-0.39, 0.29) is 10.9 Å². The van der Waals surface area contributed by atoms with Gasteiger partial charge in [-0.1, -0.05) is 12.1 Å². The van der Waals surface area contributed by atoms with E-state index in [0.29, 0.717) is 51.7 Å². The van der Waals surface area contributed by atoms with Crippen LogP contribution in [-0.2, 0) is 26.0 Å². The molecule has 0 atom stereocenters. The van der Waals surface area contributed by atoms with E-state index >= 15 is 0 Å². The summed E-state index contributed by atoms with van der Waals surface area (Å²) in [5.74, 6) is 0. The van der Waals surface area contributed by atoms with Gasteiger partial charge in [-0.3, -0.25) is 4.98 Å². The average molecular weight is 435 g/mol. The fraction of sp³-hybridized carbons (Fsp3) is 0.400. The summed E-state index contributed by atoms with van der Waals surface area (Å²) in [6.45, 7) is 2.48. The first kappa shape index (κ1) is 22.2. The number of benzene rings is 1. The van der Waals surface area contributed by atoms with Crippen LogP contribution in [-0.4, -0.2) is 75.2 Å². The van der Waals surface area contributed by atoms with E-state index in [1.165, 1.54) is 16.4 Å². The Morgan fingerprint density at radius 2 is 2.07 bits per heavy atom. The zero-order valence-electron chi connectivity index (χ0n) is 16.9. The third kappa shape index (κ3) is 5.76. The molecule has 2 amide bonds. The number of anilines is 1. The molecule has 1 aliphatic rings. The van der Waals surface area contributed by atoms with Crippen LogP contribution in [0.3, 0.4) is 0 Å². The van der Waals surface area contributed by atoms with E-state index in [4.69, 9.17) is 9.47 Å². The molecule has 10 heteroatoms. The zero-order chi connectivity index (χ0) is 21.4. The summed E-state index contributed by atoms with van der Waals surface area (Å²) >= 11 is 0. The molecule has 0 unspecified atom stereocenters. The molecule has 3 rings (SSSR count). The van der Waals surface area contributed by atoms with Crippen LogP contribution in [0.5, 0.6) is 0 Å². The fourth-order valence-corrected chi connectivity index (χ4v) is 4.49. The molecule has 0 saturated carbocycles. The highest BCUT2D eigenvalue weighted by molar-refractivity contribution is 7.89. The molecule has 30 heavy (non-hydrogen) atoms. The number of nitrogens with one attached hydrogen (secondary N) is 1.